The third kappa shape index (κ3) is 3.73. The van der Waals surface area contributed by atoms with E-state index in [9.17, 15) is 9.59 Å². The summed E-state index contributed by atoms with van der Waals surface area (Å²) in [5.41, 5.74) is 4.06. The lowest BCUT2D eigenvalue weighted by atomic mass is 10.1. The number of carbonyl (C=O) groups excluding carboxylic acids is 2. The summed E-state index contributed by atoms with van der Waals surface area (Å²) in [4.78, 5) is 26.9. The van der Waals surface area contributed by atoms with Gasteiger partial charge in [0.25, 0.3) is 0 Å². The number of rotatable bonds is 5. The molecule has 0 bridgehead atoms. The van der Waals surface area contributed by atoms with Gasteiger partial charge in [-0.15, -0.1) is 0 Å². The molecule has 0 aromatic heterocycles. The fraction of sp³-hybridized carbons (Fsp3) is 0.333. The quantitative estimate of drug-likeness (QED) is 0.844. The van der Waals surface area contributed by atoms with Gasteiger partial charge in [-0.25, -0.2) is 0 Å². The molecule has 1 N–H and O–H groups in total. The van der Waals surface area contributed by atoms with Crippen LogP contribution in [0.3, 0.4) is 0 Å². The van der Waals surface area contributed by atoms with E-state index in [1.54, 1.807) is 4.90 Å². The van der Waals surface area contributed by atoms with Crippen molar-refractivity contribution in [2.75, 3.05) is 16.8 Å². The minimum absolute atomic E-state index is 0.119. The summed E-state index contributed by atoms with van der Waals surface area (Å²) < 4.78 is 0. The van der Waals surface area contributed by atoms with Gasteiger partial charge in [0.15, 0.2) is 0 Å². The van der Waals surface area contributed by atoms with Gasteiger partial charge in [0, 0.05) is 17.9 Å². The van der Waals surface area contributed by atoms with E-state index in [1.807, 2.05) is 48.5 Å². The van der Waals surface area contributed by atoms with Gasteiger partial charge in [-0.05, 0) is 54.7 Å². The number of carbonyl (C=O) groups is 2. The monoisotopic (exact) mass is 336 g/mol. The molecule has 0 unspecified atom stereocenters. The van der Waals surface area contributed by atoms with Gasteiger partial charge >= 0.3 is 0 Å². The molecule has 0 spiro atoms. The Bertz CT molecular complexity index is 750. The van der Waals surface area contributed by atoms with Crippen molar-refractivity contribution in [3.8, 4) is 0 Å². The molecule has 2 aromatic carbocycles. The van der Waals surface area contributed by atoms with Crippen molar-refractivity contribution in [2.45, 2.75) is 33.1 Å². The zero-order valence-electron chi connectivity index (χ0n) is 14.8. The first-order chi connectivity index (χ1) is 12.1. The van der Waals surface area contributed by atoms with Gasteiger partial charge in [0.2, 0.25) is 11.8 Å². The standard InChI is InChI=1S/C21H24N2O2/c1-3-15-5-9-17(10-6-15)22-20(24)19-13-14-23(21(19)25)18-11-7-16(4-2)8-12-18/h5-12,19H,3-4,13-14H2,1-2H3,(H,22,24)/t19-/m1/s1. The molecule has 4 heteroatoms. The molecule has 0 saturated carbocycles. The molecule has 1 atom stereocenters. The number of aryl methyl sites for hydroxylation is 2. The smallest absolute Gasteiger partial charge is 0.239 e. The van der Waals surface area contributed by atoms with E-state index in [2.05, 4.69) is 19.2 Å². The maximum Gasteiger partial charge on any atom is 0.239 e. The van der Waals surface area contributed by atoms with Crippen LogP contribution in [0.15, 0.2) is 48.5 Å². The van der Waals surface area contributed by atoms with Crippen molar-refractivity contribution >= 4 is 23.2 Å². The van der Waals surface area contributed by atoms with Crippen molar-refractivity contribution in [1.82, 2.24) is 0 Å². The van der Waals surface area contributed by atoms with Crippen LogP contribution >= 0.6 is 0 Å². The van der Waals surface area contributed by atoms with Crippen LogP contribution in [0.2, 0.25) is 0 Å². The maximum absolute atomic E-state index is 12.7. The summed E-state index contributed by atoms with van der Waals surface area (Å²) in [6.07, 6.45) is 2.48. The zero-order chi connectivity index (χ0) is 17.8. The minimum atomic E-state index is -0.614. The third-order valence-corrected chi connectivity index (χ3v) is 4.81. The SMILES string of the molecule is CCc1ccc(NC(=O)[C@H]2CCN(c3ccc(CC)cc3)C2=O)cc1. The molecule has 2 amide bonds. The largest absolute Gasteiger partial charge is 0.325 e. The summed E-state index contributed by atoms with van der Waals surface area (Å²) in [6.45, 7) is 4.77. The molecule has 1 heterocycles. The van der Waals surface area contributed by atoms with Crippen LogP contribution < -0.4 is 10.2 Å². The van der Waals surface area contributed by atoms with E-state index in [4.69, 9.17) is 0 Å². The molecule has 130 valence electrons. The average molecular weight is 336 g/mol. The summed E-state index contributed by atoms with van der Waals surface area (Å²) in [5, 5.41) is 2.87. The highest BCUT2D eigenvalue weighted by atomic mass is 16.2. The van der Waals surface area contributed by atoms with E-state index in [1.165, 1.54) is 11.1 Å². The number of hydrogen-bond acceptors (Lipinski definition) is 2. The predicted octanol–water partition coefficient (Wildman–Crippen LogP) is 3.80. The van der Waals surface area contributed by atoms with E-state index in [0.717, 1.165) is 24.2 Å². The van der Waals surface area contributed by atoms with Gasteiger partial charge in [-0.2, -0.15) is 0 Å². The first kappa shape index (κ1) is 17.2. The highest BCUT2D eigenvalue weighted by molar-refractivity contribution is 6.13. The van der Waals surface area contributed by atoms with Gasteiger partial charge in [-0.3, -0.25) is 9.59 Å². The first-order valence-electron chi connectivity index (χ1n) is 8.92. The molecule has 1 aliphatic heterocycles. The molecule has 0 aliphatic carbocycles. The van der Waals surface area contributed by atoms with Crippen LogP contribution in [0.1, 0.15) is 31.4 Å². The van der Waals surface area contributed by atoms with Crippen LogP contribution in [-0.4, -0.2) is 18.4 Å². The molecule has 2 aromatic rings. The van der Waals surface area contributed by atoms with Crippen molar-refractivity contribution in [1.29, 1.82) is 0 Å². The summed E-state index contributed by atoms with van der Waals surface area (Å²) in [6, 6.07) is 15.7. The third-order valence-electron chi connectivity index (χ3n) is 4.81. The van der Waals surface area contributed by atoms with E-state index in [-0.39, 0.29) is 11.8 Å². The molecule has 3 rings (SSSR count). The van der Waals surface area contributed by atoms with Crippen LogP contribution in [0.25, 0.3) is 0 Å². The Hall–Kier alpha value is -2.62. The minimum Gasteiger partial charge on any atom is -0.325 e. The molecule has 1 aliphatic rings. The Labute approximate surface area is 148 Å². The second-order valence-electron chi connectivity index (χ2n) is 6.39. The van der Waals surface area contributed by atoms with Crippen molar-refractivity contribution in [3.63, 3.8) is 0 Å². The van der Waals surface area contributed by atoms with Crippen LogP contribution in [-0.2, 0) is 22.4 Å². The van der Waals surface area contributed by atoms with Crippen molar-refractivity contribution < 1.29 is 9.59 Å². The molecule has 1 saturated heterocycles. The fourth-order valence-corrected chi connectivity index (χ4v) is 3.14. The molecule has 0 radical (unpaired) electrons. The Morgan fingerprint density at radius 1 is 1.00 bits per heavy atom. The number of amides is 2. The van der Waals surface area contributed by atoms with E-state index in [0.29, 0.717) is 13.0 Å². The lowest BCUT2D eigenvalue weighted by Crippen LogP contribution is -2.33. The number of nitrogens with zero attached hydrogens (tertiary/aromatic N) is 1. The Balaban J connectivity index is 1.66. The Morgan fingerprint density at radius 3 is 2.12 bits per heavy atom. The summed E-state index contributed by atoms with van der Waals surface area (Å²) >= 11 is 0. The normalized spacial score (nSPS) is 17.0. The second-order valence-corrected chi connectivity index (χ2v) is 6.39. The molecular weight excluding hydrogens is 312 g/mol. The van der Waals surface area contributed by atoms with Crippen LogP contribution in [0.4, 0.5) is 11.4 Å². The highest BCUT2D eigenvalue weighted by Gasteiger charge is 2.37. The maximum atomic E-state index is 12.7. The number of anilines is 2. The zero-order valence-corrected chi connectivity index (χ0v) is 14.8. The molecular formula is C21H24N2O2. The lowest BCUT2D eigenvalue weighted by Gasteiger charge is -2.17. The van der Waals surface area contributed by atoms with Crippen LogP contribution in [0, 0.1) is 5.92 Å². The molecule has 4 nitrogen and oxygen atoms in total. The summed E-state index contributed by atoms with van der Waals surface area (Å²) in [7, 11) is 0. The fourth-order valence-electron chi connectivity index (χ4n) is 3.14. The van der Waals surface area contributed by atoms with Gasteiger partial charge in [-0.1, -0.05) is 38.1 Å². The first-order valence-corrected chi connectivity index (χ1v) is 8.92. The van der Waals surface area contributed by atoms with Crippen LogP contribution in [0.5, 0.6) is 0 Å². The number of nitrogens with one attached hydrogen (secondary N) is 1. The molecule has 1 fully saturated rings. The average Bonchev–Trinajstić information content (AvgIpc) is 3.04. The summed E-state index contributed by atoms with van der Waals surface area (Å²) in [5.74, 6) is -0.953. The number of benzene rings is 2. The second kappa shape index (κ2) is 7.51. The van der Waals surface area contributed by atoms with Gasteiger partial charge < -0.3 is 10.2 Å². The lowest BCUT2D eigenvalue weighted by molar-refractivity contribution is -0.129. The van der Waals surface area contributed by atoms with Crippen molar-refractivity contribution in [3.05, 3.63) is 59.7 Å². The van der Waals surface area contributed by atoms with E-state index < -0.39 is 5.92 Å². The van der Waals surface area contributed by atoms with E-state index >= 15 is 0 Å². The Morgan fingerprint density at radius 2 is 1.56 bits per heavy atom. The van der Waals surface area contributed by atoms with Gasteiger partial charge in [0.1, 0.15) is 5.92 Å². The van der Waals surface area contributed by atoms with Gasteiger partial charge in [0.05, 0.1) is 0 Å². The predicted molar refractivity (Wildman–Crippen MR) is 101 cm³/mol. The van der Waals surface area contributed by atoms with Crippen molar-refractivity contribution in [2.24, 2.45) is 5.92 Å². The topological polar surface area (TPSA) is 49.4 Å². The number of hydrogen-bond donors (Lipinski definition) is 1. The Kier molecular flexibility index (Phi) is 5.17. The highest BCUT2D eigenvalue weighted by Crippen LogP contribution is 2.26. The molecule has 25 heavy (non-hydrogen) atoms.